The van der Waals surface area contributed by atoms with Crippen molar-refractivity contribution in [2.24, 2.45) is 0 Å². The van der Waals surface area contributed by atoms with Crippen LogP contribution in [0.1, 0.15) is 5.56 Å². The van der Waals surface area contributed by atoms with Crippen molar-refractivity contribution in [3.8, 4) is 0 Å². The first-order chi connectivity index (χ1) is 9.54. The third-order valence-corrected chi connectivity index (χ3v) is 4.56. The maximum absolute atomic E-state index is 13.1. The van der Waals surface area contributed by atoms with Crippen molar-refractivity contribution in [3.05, 3.63) is 53.8 Å². The molecule has 0 saturated carbocycles. The Morgan fingerprint density at radius 2 is 2.00 bits per heavy atom. The van der Waals surface area contributed by atoms with Gasteiger partial charge >= 0.3 is 0 Å². The summed E-state index contributed by atoms with van der Waals surface area (Å²) in [4.78, 5) is 0.162. The van der Waals surface area contributed by atoms with Crippen molar-refractivity contribution >= 4 is 21.4 Å². The summed E-state index contributed by atoms with van der Waals surface area (Å²) in [5.41, 5.74) is 2.15. The zero-order valence-corrected chi connectivity index (χ0v) is 11.4. The van der Waals surface area contributed by atoms with Crippen molar-refractivity contribution in [2.45, 2.75) is 11.3 Å². The molecule has 2 N–H and O–H groups in total. The molecule has 0 atom stereocenters. The summed E-state index contributed by atoms with van der Waals surface area (Å²) in [6.07, 6.45) is 0.896. The third kappa shape index (κ3) is 2.46. The van der Waals surface area contributed by atoms with E-state index in [2.05, 4.69) is 10.0 Å². The predicted octanol–water partition coefficient (Wildman–Crippen LogP) is 2.59. The van der Waals surface area contributed by atoms with Gasteiger partial charge in [-0.2, -0.15) is 0 Å². The third-order valence-electron chi connectivity index (χ3n) is 3.18. The molecule has 0 aromatic heterocycles. The quantitative estimate of drug-likeness (QED) is 0.914. The van der Waals surface area contributed by atoms with Crippen LogP contribution >= 0.6 is 0 Å². The topological polar surface area (TPSA) is 58.2 Å². The van der Waals surface area contributed by atoms with Gasteiger partial charge in [0.1, 0.15) is 5.82 Å². The number of sulfonamides is 1. The van der Waals surface area contributed by atoms with Crippen LogP contribution in [0.5, 0.6) is 0 Å². The molecule has 0 fully saturated rings. The van der Waals surface area contributed by atoms with Crippen LogP contribution in [0.25, 0.3) is 0 Å². The Bertz CT molecular complexity index is 760. The van der Waals surface area contributed by atoms with Gasteiger partial charge in [0.05, 0.1) is 10.6 Å². The molecule has 3 rings (SSSR count). The van der Waals surface area contributed by atoms with Gasteiger partial charge in [-0.15, -0.1) is 0 Å². The van der Waals surface area contributed by atoms with Gasteiger partial charge in [-0.1, -0.05) is 12.1 Å². The Morgan fingerprint density at radius 3 is 2.80 bits per heavy atom. The SMILES string of the molecule is O=S(=O)(Nc1cccc(F)c1)c1ccc2c(c1)NCC2. The molecule has 0 saturated heterocycles. The van der Waals surface area contributed by atoms with E-state index in [1.807, 2.05) is 0 Å². The van der Waals surface area contributed by atoms with Gasteiger partial charge in [-0.25, -0.2) is 12.8 Å². The smallest absolute Gasteiger partial charge is 0.261 e. The molecule has 6 heteroatoms. The van der Waals surface area contributed by atoms with E-state index in [1.165, 1.54) is 18.2 Å². The maximum Gasteiger partial charge on any atom is 0.261 e. The normalized spacial score (nSPS) is 13.7. The van der Waals surface area contributed by atoms with Crippen LogP contribution in [0.2, 0.25) is 0 Å². The lowest BCUT2D eigenvalue weighted by molar-refractivity contribution is 0.601. The van der Waals surface area contributed by atoms with E-state index in [-0.39, 0.29) is 10.6 Å². The molecule has 104 valence electrons. The molecule has 20 heavy (non-hydrogen) atoms. The van der Waals surface area contributed by atoms with E-state index < -0.39 is 15.8 Å². The highest BCUT2D eigenvalue weighted by atomic mass is 32.2. The number of hydrogen-bond donors (Lipinski definition) is 2. The standard InChI is InChI=1S/C14H13FN2O2S/c15-11-2-1-3-12(8-11)17-20(18,19)13-5-4-10-6-7-16-14(10)9-13/h1-5,8-9,16-17H,6-7H2. The summed E-state index contributed by atoms with van der Waals surface area (Å²) in [5, 5.41) is 3.13. The lowest BCUT2D eigenvalue weighted by Gasteiger charge is -2.09. The van der Waals surface area contributed by atoms with Crippen LogP contribution in [-0.4, -0.2) is 15.0 Å². The molecule has 0 aliphatic carbocycles. The minimum Gasteiger partial charge on any atom is -0.384 e. The van der Waals surface area contributed by atoms with Gasteiger partial charge in [0.15, 0.2) is 0 Å². The largest absolute Gasteiger partial charge is 0.384 e. The molecule has 0 unspecified atom stereocenters. The average molecular weight is 292 g/mol. The second kappa shape index (κ2) is 4.79. The van der Waals surface area contributed by atoms with E-state index in [0.717, 1.165) is 30.3 Å². The van der Waals surface area contributed by atoms with Crippen molar-refractivity contribution in [1.29, 1.82) is 0 Å². The van der Waals surface area contributed by atoms with E-state index in [9.17, 15) is 12.8 Å². The summed E-state index contributed by atoms with van der Waals surface area (Å²) in [6.45, 7) is 0.816. The van der Waals surface area contributed by atoms with Crippen LogP contribution in [0.4, 0.5) is 15.8 Å². The average Bonchev–Trinajstić information content (AvgIpc) is 2.85. The Balaban J connectivity index is 1.92. The number of anilines is 2. The van der Waals surface area contributed by atoms with Crippen LogP contribution in [0.15, 0.2) is 47.4 Å². The van der Waals surface area contributed by atoms with Gasteiger partial charge in [0.25, 0.3) is 10.0 Å². The fourth-order valence-electron chi connectivity index (χ4n) is 2.20. The van der Waals surface area contributed by atoms with Crippen molar-refractivity contribution in [2.75, 3.05) is 16.6 Å². The van der Waals surface area contributed by atoms with Crippen molar-refractivity contribution in [3.63, 3.8) is 0 Å². The first kappa shape index (κ1) is 12.9. The zero-order chi connectivity index (χ0) is 14.2. The molecule has 0 bridgehead atoms. The first-order valence-electron chi connectivity index (χ1n) is 6.20. The molecule has 0 amide bonds. The Labute approximate surface area is 116 Å². The number of halogens is 1. The molecule has 1 heterocycles. The number of nitrogens with one attached hydrogen (secondary N) is 2. The van der Waals surface area contributed by atoms with Crippen LogP contribution in [-0.2, 0) is 16.4 Å². The molecule has 1 aliphatic rings. The van der Waals surface area contributed by atoms with Gasteiger partial charge in [-0.05, 0) is 42.3 Å². The predicted molar refractivity (Wildman–Crippen MR) is 75.8 cm³/mol. The molecule has 0 spiro atoms. The number of hydrogen-bond acceptors (Lipinski definition) is 3. The molecule has 2 aromatic rings. The lowest BCUT2D eigenvalue weighted by atomic mass is 10.2. The first-order valence-corrected chi connectivity index (χ1v) is 7.68. The minimum atomic E-state index is -3.71. The second-order valence-corrected chi connectivity index (χ2v) is 6.29. The summed E-state index contributed by atoms with van der Waals surface area (Å²) in [7, 11) is -3.71. The fourth-order valence-corrected chi connectivity index (χ4v) is 3.28. The Kier molecular flexibility index (Phi) is 3.10. The molecule has 0 radical (unpaired) electrons. The van der Waals surface area contributed by atoms with E-state index >= 15 is 0 Å². The van der Waals surface area contributed by atoms with Gasteiger partial charge < -0.3 is 5.32 Å². The Hall–Kier alpha value is -2.08. The van der Waals surface area contributed by atoms with E-state index in [4.69, 9.17) is 0 Å². The summed E-state index contributed by atoms with van der Waals surface area (Å²) in [5.74, 6) is -0.485. The zero-order valence-electron chi connectivity index (χ0n) is 10.6. The number of benzene rings is 2. The summed E-state index contributed by atoms with van der Waals surface area (Å²) in [6, 6.07) is 10.3. The van der Waals surface area contributed by atoms with Crippen LogP contribution in [0, 0.1) is 5.82 Å². The van der Waals surface area contributed by atoms with E-state index in [1.54, 1.807) is 18.2 Å². The molecule has 1 aliphatic heterocycles. The number of rotatable bonds is 3. The minimum absolute atomic E-state index is 0.162. The number of fused-ring (bicyclic) bond motifs is 1. The maximum atomic E-state index is 13.1. The molecular weight excluding hydrogens is 279 g/mol. The van der Waals surface area contributed by atoms with Crippen LogP contribution < -0.4 is 10.0 Å². The van der Waals surface area contributed by atoms with Gasteiger partial charge in [0, 0.05) is 12.2 Å². The monoisotopic (exact) mass is 292 g/mol. The van der Waals surface area contributed by atoms with Crippen LogP contribution in [0.3, 0.4) is 0 Å². The highest BCUT2D eigenvalue weighted by Gasteiger charge is 2.18. The highest BCUT2D eigenvalue weighted by molar-refractivity contribution is 7.92. The second-order valence-electron chi connectivity index (χ2n) is 4.61. The molecule has 2 aromatic carbocycles. The molecular formula is C14H13FN2O2S. The van der Waals surface area contributed by atoms with Gasteiger partial charge in [0.2, 0.25) is 0 Å². The fraction of sp³-hybridized carbons (Fsp3) is 0.143. The van der Waals surface area contributed by atoms with E-state index in [0.29, 0.717) is 0 Å². The highest BCUT2D eigenvalue weighted by Crippen LogP contribution is 2.26. The molecule has 4 nitrogen and oxygen atoms in total. The van der Waals surface area contributed by atoms with Gasteiger partial charge in [-0.3, -0.25) is 4.72 Å². The lowest BCUT2D eigenvalue weighted by Crippen LogP contribution is -2.13. The van der Waals surface area contributed by atoms with Crippen molar-refractivity contribution in [1.82, 2.24) is 0 Å². The van der Waals surface area contributed by atoms with Crippen molar-refractivity contribution < 1.29 is 12.8 Å². The summed E-state index contributed by atoms with van der Waals surface area (Å²) < 4.78 is 40.0. The Morgan fingerprint density at radius 1 is 1.15 bits per heavy atom. The summed E-state index contributed by atoms with van der Waals surface area (Å²) >= 11 is 0.